The van der Waals surface area contributed by atoms with Crippen LogP contribution in [-0.2, 0) is 6.61 Å². The maximum Gasteiger partial charge on any atom is 0.492 e. The summed E-state index contributed by atoms with van der Waals surface area (Å²) >= 11 is 0. The first-order valence-electron chi connectivity index (χ1n) is 10.6. The third-order valence-electron chi connectivity index (χ3n) is 5.01. The molecule has 0 saturated carbocycles. The molecule has 0 aliphatic carbocycles. The number of aromatic nitrogens is 2. The van der Waals surface area contributed by atoms with E-state index in [1.807, 2.05) is 42.5 Å². The fourth-order valence-corrected chi connectivity index (χ4v) is 3.32. The van der Waals surface area contributed by atoms with Crippen molar-refractivity contribution in [2.45, 2.75) is 6.61 Å². The third kappa shape index (κ3) is 5.80. The zero-order chi connectivity index (χ0) is 24.6. The summed E-state index contributed by atoms with van der Waals surface area (Å²) < 4.78 is 5.75. The first-order valence-corrected chi connectivity index (χ1v) is 10.6. The number of benzene rings is 3. The molecule has 4 aromatic rings. The van der Waals surface area contributed by atoms with E-state index in [2.05, 4.69) is 20.5 Å². The molecule has 172 valence electrons. The minimum atomic E-state index is -1.74. The number of nitrogens with zero attached hydrogens (tertiary/aromatic N) is 3. The number of nitriles is 1. The Balaban J connectivity index is 1.52. The Labute approximate surface area is 201 Å². The van der Waals surface area contributed by atoms with Crippen LogP contribution >= 0.6 is 0 Å². The number of rotatable bonds is 8. The maximum absolute atomic E-state index is 12.3. The molecule has 0 aliphatic rings. The second-order valence-corrected chi connectivity index (χ2v) is 7.43. The summed E-state index contributed by atoms with van der Waals surface area (Å²) in [7, 11) is -1.74. The third-order valence-corrected chi connectivity index (χ3v) is 5.01. The number of nitrogens with one attached hydrogen (secondary N) is 2. The van der Waals surface area contributed by atoms with Gasteiger partial charge in [0.05, 0.1) is 11.9 Å². The predicted molar refractivity (Wildman–Crippen MR) is 133 cm³/mol. The largest absolute Gasteiger partial charge is 0.492 e. The van der Waals surface area contributed by atoms with E-state index >= 15 is 0 Å². The van der Waals surface area contributed by atoms with Crippen molar-refractivity contribution in [2.24, 2.45) is 5.10 Å². The van der Waals surface area contributed by atoms with Crippen molar-refractivity contribution in [1.82, 2.24) is 9.97 Å². The van der Waals surface area contributed by atoms with Crippen LogP contribution in [0.5, 0.6) is 5.75 Å². The number of aromatic amines is 1. The van der Waals surface area contributed by atoms with Crippen molar-refractivity contribution < 1.29 is 14.8 Å². The molecular formula is C25H20BN5O4. The Morgan fingerprint density at radius 3 is 2.49 bits per heavy atom. The van der Waals surface area contributed by atoms with Gasteiger partial charge in [0.2, 0.25) is 5.95 Å². The Kier molecular flexibility index (Phi) is 7.33. The van der Waals surface area contributed by atoms with Gasteiger partial charge < -0.3 is 14.8 Å². The maximum atomic E-state index is 12.3. The van der Waals surface area contributed by atoms with Gasteiger partial charge in [0.15, 0.2) is 0 Å². The fourth-order valence-electron chi connectivity index (χ4n) is 3.32. The van der Waals surface area contributed by atoms with E-state index in [4.69, 9.17) is 4.74 Å². The molecule has 0 amide bonds. The van der Waals surface area contributed by atoms with Gasteiger partial charge in [-0.1, -0.05) is 60.7 Å². The van der Waals surface area contributed by atoms with Crippen LogP contribution in [0.1, 0.15) is 16.7 Å². The van der Waals surface area contributed by atoms with E-state index in [1.54, 1.807) is 36.4 Å². The van der Waals surface area contributed by atoms with Crippen molar-refractivity contribution in [2.75, 3.05) is 5.43 Å². The van der Waals surface area contributed by atoms with Crippen LogP contribution in [0.25, 0.3) is 11.3 Å². The molecule has 0 bridgehead atoms. The van der Waals surface area contributed by atoms with Gasteiger partial charge in [-0.25, -0.2) is 10.4 Å². The Bertz CT molecular complexity index is 1430. The van der Waals surface area contributed by atoms with E-state index in [9.17, 15) is 20.1 Å². The Morgan fingerprint density at radius 2 is 1.80 bits per heavy atom. The smallest absolute Gasteiger partial charge is 0.489 e. The van der Waals surface area contributed by atoms with Crippen LogP contribution in [0.4, 0.5) is 5.95 Å². The normalized spacial score (nSPS) is 10.7. The molecule has 0 spiro atoms. The summed E-state index contributed by atoms with van der Waals surface area (Å²) in [5, 5.41) is 33.0. The Morgan fingerprint density at radius 1 is 1.09 bits per heavy atom. The highest BCUT2D eigenvalue weighted by Gasteiger charge is 2.18. The van der Waals surface area contributed by atoms with Crippen molar-refractivity contribution in [3.63, 3.8) is 0 Å². The lowest BCUT2D eigenvalue weighted by Gasteiger charge is -2.12. The molecule has 0 fully saturated rings. The van der Waals surface area contributed by atoms with Gasteiger partial charge in [0.25, 0.3) is 5.56 Å². The zero-order valence-electron chi connectivity index (χ0n) is 18.4. The molecule has 1 aromatic heterocycles. The summed E-state index contributed by atoms with van der Waals surface area (Å²) in [5.41, 5.74) is 4.48. The number of hydrogen-bond acceptors (Lipinski definition) is 8. The predicted octanol–water partition coefficient (Wildman–Crippen LogP) is 2.01. The van der Waals surface area contributed by atoms with E-state index in [0.29, 0.717) is 16.9 Å². The van der Waals surface area contributed by atoms with Gasteiger partial charge >= 0.3 is 7.12 Å². The van der Waals surface area contributed by atoms with Crippen molar-refractivity contribution in [3.8, 4) is 23.1 Å². The van der Waals surface area contributed by atoms with Gasteiger partial charge in [-0.15, -0.1) is 0 Å². The standard InChI is InChI=1S/C25H20BN5O4/c27-14-20-23(19-9-5-2-6-10-19)29-25(30-24(20)32)31-28-15-18-11-12-22(21(13-18)26(33)34)35-16-17-7-3-1-4-8-17/h1-13,15,33-34H,16H2,(H2,29,30,31,32). The first kappa shape index (κ1) is 23.4. The summed E-state index contributed by atoms with van der Waals surface area (Å²) in [4.78, 5) is 19.1. The zero-order valence-corrected chi connectivity index (χ0v) is 18.4. The van der Waals surface area contributed by atoms with E-state index in [-0.39, 0.29) is 29.3 Å². The highest BCUT2D eigenvalue weighted by Crippen LogP contribution is 2.19. The molecule has 0 saturated heterocycles. The van der Waals surface area contributed by atoms with Crippen molar-refractivity contribution >= 4 is 24.7 Å². The minimum absolute atomic E-state index is 0.0503. The van der Waals surface area contributed by atoms with Gasteiger partial charge in [-0.05, 0) is 29.3 Å². The van der Waals surface area contributed by atoms with Gasteiger partial charge in [0.1, 0.15) is 24.0 Å². The average molecular weight is 465 g/mol. The van der Waals surface area contributed by atoms with E-state index < -0.39 is 12.7 Å². The molecule has 4 N–H and O–H groups in total. The van der Waals surface area contributed by atoms with Gasteiger partial charge in [-0.3, -0.25) is 9.78 Å². The van der Waals surface area contributed by atoms with Gasteiger partial charge in [-0.2, -0.15) is 10.4 Å². The molecule has 1 heterocycles. The van der Waals surface area contributed by atoms with Crippen LogP contribution in [0.2, 0.25) is 0 Å². The number of ether oxygens (including phenoxy) is 1. The summed E-state index contributed by atoms with van der Waals surface area (Å²) in [6.45, 7) is 0.275. The fraction of sp³-hybridized carbons (Fsp3) is 0.0400. The average Bonchev–Trinajstić information content (AvgIpc) is 2.88. The van der Waals surface area contributed by atoms with Crippen LogP contribution < -0.4 is 21.2 Å². The lowest BCUT2D eigenvalue weighted by Crippen LogP contribution is -2.31. The molecule has 0 radical (unpaired) electrons. The van der Waals surface area contributed by atoms with Crippen LogP contribution in [0, 0.1) is 11.3 Å². The number of H-pyrrole nitrogens is 1. The number of hydrazone groups is 1. The second kappa shape index (κ2) is 10.9. The summed E-state index contributed by atoms with van der Waals surface area (Å²) in [5.74, 6) is 0.383. The van der Waals surface area contributed by atoms with Crippen LogP contribution in [-0.4, -0.2) is 33.3 Å². The summed E-state index contributed by atoms with van der Waals surface area (Å²) in [6.07, 6.45) is 1.42. The number of anilines is 1. The van der Waals surface area contributed by atoms with Crippen molar-refractivity contribution in [1.29, 1.82) is 5.26 Å². The number of hydrogen-bond donors (Lipinski definition) is 4. The van der Waals surface area contributed by atoms with E-state index in [0.717, 1.165) is 5.56 Å². The molecule has 0 atom stereocenters. The molecule has 0 aliphatic heterocycles. The highest BCUT2D eigenvalue weighted by atomic mass is 16.5. The molecule has 0 unspecified atom stereocenters. The van der Waals surface area contributed by atoms with Crippen LogP contribution in [0.15, 0.2) is 88.8 Å². The molecule has 10 heteroatoms. The second-order valence-electron chi connectivity index (χ2n) is 7.43. The van der Waals surface area contributed by atoms with Crippen LogP contribution in [0.3, 0.4) is 0 Å². The molecular weight excluding hydrogens is 445 g/mol. The van der Waals surface area contributed by atoms with Crippen molar-refractivity contribution in [3.05, 3.63) is 106 Å². The highest BCUT2D eigenvalue weighted by molar-refractivity contribution is 6.59. The monoisotopic (exact) mass is 465 g/mol. The molecule has 3 aromatic carbocycles. The van der Waals surface area contributed by atoms with Gasteiger partial charge in [0, 0.05) is 11.0 Å². The Hall–Kier alpha value is -4.72. The quantitative estimate of drug-likeness (QED) is 0.177. The summed E-state index contributed by atoms with van der Waals surface area (Å²) in [6, 6.07) is 25.1. The first-order chi connectivity index (χ1) is 17.0. The van der Waals surface area contributed by atoms with E-state index in [1.165, 1.54) is 12.3 Å². The lowest BCUT2D eigenvalue weighted by molar-refractivity contribution is 0.306. The molecule has 9 nitrogen and oxygen atoms in total. The topological polar surface area (TPSA) is 144 Å². The molecule has 4 rings (SSSR count). The lowest BCUT2D eigenvalue weighted by atomic mass is 9.79. The SMILES string of the molecule is N#Cc1c(-c2ccccc2)nc(NN=Cc2ccc(OCc3ccccc3)c(B(O)O)c2)[nH]c1=O. The minimum Gasteiger partial charge on any atom is -0.489 e. The molecule has 35 heavy (non-hydrogen) atoms.